The summed E-state index contributed by atoms with van der Waals surface area (Å²) in [5, 5.41) is 14.6. The Bertz CT molecular complexity index is 1020. The number of aliphatic carboxylic acids is 1. The second kappa shape index (κ2) is 8.98. The lowest BCUT2D eigenvalue weighted by Crippen LogP contribution is -2.41. The number of carbonyl (C=O) groups is 3. The third-order valence-electron chi connectivity index (χ3n) is 5.98. The van der Waals surface area contributed by atoms with Crippen LogP contribution in [-0.4, -0.2) is 71.5 Å². The summed E-state index contributed by atoms with van der Waals surface area (Å²) in [5.74, 6) is -1.74. The van der Waals surface area contributed by atoms with Gasteiger partial charge in [0.1, 0.15) is 10.9 Å². The van der Waals surface area contributed by atoms with E-state index in [0.29, 0.717) is 15.5 Å². The van der Waals surface area contributed by atoms with Gasteiger partial charge in [0, 0.05) is 37.7 Å². The van der Waals surface area contributed by atoms with Gasteiger partial charge in [0.15, 0.2) is 0 Å². The molecule has 2 aliphatic heterocycles. The molecule has 0 aliphatic carbocycles. The van der Waals surface area contributed by atoms with Crippen LogP contribution < -0.4 is 5.32 Å². The number of nitrogens with one attached hydrogen (secondary N) is 1. The van der Waals surface area contributed by atoms with E-state index >= 15 is 0 Å². The maximum absolute atomic E-state index is 13.2. The van der Waals surface area contributed by atoms with E-state index in [1.165, 1.54) is 21.8 Å². The number of carboxylic acids is 1. The zero-order valence-electron chi connectivity index (χ0n) is 17.1. The van der Waals surface area contributed by atoms with E-state index in [0.717, 1.165) is 31.5 Å². The maximum atomic E-state index is 13.2. The Morgan fingerprint density at radius 2 is 1.90 bits per heavy atom. The fourth-order valence-corrected chi connectivity index (χ4v) is 5.29. The first kappa shape index (κ1) is 21.8. The minimum absolute atomic E-state index is 0.143. The molecule has 0 bridgehead atoms. The molecule has 1 saturated heterocycles. The van der Waals surface area contributed by atoms with Crippen LogP contribution in [0.4, 0.5) is 0 Å². The molecule has 9 heteroatoms. The molecule has 2 N–H and O–H groups in total. The van der Waals surface area contributed by atoms with Crippen molar-refractivity contribution in [3.8, 4) is 0 Å². The topological polar surface area (TPSA) is 90.0 Å². The van der Waals surface area contributed by atoms with E-state index in [1.807, 2.05) is 12.1 Å². The summed E-state index contributed by atoms with van der Waals surface area (Å²) in [6.45, 7) is 2.04. The average molecular weight is 462 g/mol. The smallest absolute Gasteiger partial charge is 0.326 e. The number of rotatable bonds is 4. The molecule has 0 saturated carbocycles. The van der Waals surface area contributed by atoms with E-state index in [-0.39, 0.29) is 24.8 Å². The van der Waals surface area contributed by atoms with Crippen molar-refractivity contribution < 1.29 is 19.5 Å². The van der Waals surface area contributed by atoms with E-state index < -0.39 is 18.1 Å². The number of fused-ring (bicyclic) bond motifs is 1. The van der Waals surface area contributed by atoms with Gasteiger partial charge in [0.25, 0.3) is 11.8 Å². The molecule has 31 heavy (non-hydrogen) atoms. The summed E-state index contributed by atoms with van der Waals surface area (Å²) in [4.78, 5) is 41.6. The first-order valence-corrected chi connectivity index (χ1v) is 11.5. The summed E-state index contributed by atoms with van der Waals surface area (Å²) in [5.41, 5.74) is 2.86. The molecule has 2 atom stereocenters. The van der Waals surface area contributed by atoms with Crippen molar-refractivity contribution >= 4 is 40.7 Å². The highest BCUT2D eigenvalue weighted by molar-refractivity contribution is 7.12. The number of thiophene rings is 1. The fraction of sp³-hybridized carbons (Fsp3) is 0.409. The van der Waals surface area contributed by atoms with Gasteiger partial charge < -0.3 is 20.2 Å². The van der Waals surface area contributed by atoms with Crippen molar-refractivity contribution in [3.63, 3.8) is 0 Å². The minimum atomic E-state index is -1.07. The van der Waals surface area contributed by atoms with E-state index in [2.05, 4.69) is 17.3 Å². The molecule has 1 aromatic carbocycles. The Morgan fingerprint density at radius 1 is 1.16 bits per heavy atom. The molecule has 3 heterocycles. The van der Waals surface area contributed by atoms with E-state index in [9.17, 15) is 19.5 Å². The van der Waals surface area contributed by atoms with Gasteiger partial charge in [-0.3, -0.25) is 9.59 Å². The molecule has 2 aliphatic rings. The molecule has 1 aromatic heterocycles. The molecule has 0 unspecified atom stereocenters. The van der Waals surface area contributed by atoms with Crippen LogP contribution in [0.15, 0.2) is 29.6 Å². The first-order chi connectivity index (χ1) is 14.8. The number of nitrogens with zero attached hydrogens (tertiary/aromatic N) is 2. The standard InChI is InChI=1S/C22H24ClN3O4S/c1-25-7-4-13-2-3-15(10-14(13)5-8-25)21(28)26-12-16(11-18(26)22(29)30)24-20(27)19-17(23)6-9-31-19/h2-3,6,9-10,16,18H,4-5,7-8,11-12H2,1H3,(H,24,27)(H,29,30)/t16-,18+/m1/s1. The third-order valence-corrected chi connectivity index (χ3v) is 7.32. The van der Waals surface area contributed by atoms with Crippen LogP contribution in [0.25, 0.3) is 0 Å². The molecule has 4 rings (SSSR count). The molecule has 0 radical (unpaired) electrons. The predicted molar refractivity (Wildman–Crippen MR) is 119 cm³/mol. The first-order valence-electron chi connectivity index (χ1n) is 10.2. The Kier molecular flexibility index (Phi) is 6.31. The third kappa shape index (κ3) is 4.61. The van der Waals surface area contributed by atoms with Gasteiger partial charge >= 0.3 is 5.97 Å². The Morgan fingerprint density at radius 3 is 2.58 bits per heavy atom. The second-order valence-electron chi connectivity index (χ2n) is 8.10. The summed E-state index contributed by atoms with van der Waals surface area (Å²) < 4.78 is 0. The zero-order valence-corrected chi connectivity index (χ0v) is 18.7. The van der Waals surface area contributed by atoms with Gasteiger partial charge in [-0.2, -0.15) is 0 Å². The number of likely N-dealkylation sites (tertiary alicyclic amines) is 1. The summed E-state index contributed by atoms with van der Waals surface area (Å²) >= 11 is 7.25. The van der Waals surface area contributed by atoms with Crippen LogP contribution in [0.1, 0.15) is 37.6 Å². The van der Waals surface area contributed by atoms with Gasteiger partial charge in [-0.05, 0) is 54.6 Å². The number of carboxylic acid groups (broad SMARTS) is 1. The number of hydrogen-bond donors (Lipinski definition) is 2. The number of carbonyl (C=O) groups excluding carboxylic acids is 2. The van der Waals surface area contributed by atoms with Gasteiger partial charge in [-0.1, -0.05) is 17.7 Å². The normalized spacial score (nSPS) is 21.4. The Labute approximate surface area is 189 Å². The van der Waals surface area contributed by atoms with Crippen LogP contribution in [-0.2, 0) is 17.6 Å². The van der Waals surface area contributed by atoms with Crippen LogP contribution >= 0.6 is 22.9 Å². The highest BCUT2D eigenvalue weighted by atomic mass is 35.5. The van der Waals surface area contributed by atoms with Crippen LogP contribution in [0.3, 0.4) is 0 Å². The maximum Gasteiger partial charge on any atom is 0.326 e. The summed E-state index contributed by atoms with van der Waals surface area (Å²) in [6.07, 6.45) is 1.95. The molecular formula is C22H24ClN3O4S. The van der Waals surface area contributed by atoms with Crippen molar-refractivity contribution in [1.82, 2.24) is 15.1 Å². The van der Waals surface area contributed by atoms with E-state index in [4.69, 9.17) is 11.6 Å². The number of benzene rings is 1. The number of halogens is 1. The summed E-state index contributed by atoms with van der Waals surface area (Å²) in [6, 6.07) is 5.86. The SMILES string of the molecule is CN1CCc2ccc(C(=O)N3C[C@H](NC(=O)c4sccc4Cl)C[C@H]3C(=O)O)cc2CC1. The molecule has 2 aromatic rings. The van der Waals surface area contributed by atoms with Gasteiger partial charge in [0.05, 0.1) is 5.02 Å². The van der Waals surface area contributed by atoms with Crippen LogP contribution in [0.5, 0.6) is 0 Å². The van der Waals surface area contributed by atoms with Gasteiger partial charge in [-0.25, -0.2) is 4.79 Å². The number of likely N-dealkylation sites (N-methyl/N-ethyl adjacent to an activating group) is 1. The zero-order chi connectivity index (χ0) is 22.1. The Hall–Kier alpha value is -2.42. The van der Waals surface area contributed by atoms with E-state index in [1.54, 1.807) is 17.5 Å². The van der Waals surface area contributed by atoms with Crippen molar-refractivity contribution in [1.29, 1.82) is 0 Å². The summed E-state index contributed by atoms with van der Waals surface area (Å²) in [7, 11) is 2.08. The monoisotopic (exact) mass is 461 g/mol. The number of amides is 2. The highest BCUT2D eigenvalue weighted by Gasteiger charge is 2.41. The highest BCUT2D eigenvalue weighted by Crippen LogP contribution is 2.26. The molecule has 7 nitrogen and oxygen atoms in total. The van der Waals surface area contributed by atoms with Crippen LogP contribution in [0.2, 0.25) is 5.02 Å². The fourth-order valence-electron chi connectivity index (χ4n) is 4.24. The van der Waals surface area contributed by atoms with Crippen molar-refractivity contribution in [2.24, 2.45) is 0 Å². The van der Waals surface area contributed by atoms with Crippen molar-refractivity contribution in [3.05, 3.63) is 56.2 Å². The van der Waals surface area contributed by atoms with Crippen molar-refractivity contribution in [2.75, 3.05) is 26.7 Å². The van der Waals surface area contributed by atoms with Crippen LogP contribution in [0, 0.1) is 0 Å². The molecule has 2 amide bonds. The molecular weight excluding hydrogens is 438 g/mol. The van der Waals surface area contributed by atoms with Gasteiger partial charge in [0.2, 0.25) is 0 Å². The lowest BCUT2D eigenvalue weighted by molar-refractivity contribution is -0.141. The predicted octanol–water partition coefficient (Wildman–Crippen LogP) is 2.53. The second-order valence-corrected chi connectivity index (χ2v) is 9.43. The average Bonchev–Trinajstić information content (AvgIpc) is 3.31. The molecule has 164 valence electrons. The molecule has 1 fully saturated rings. The largest absolute Gasteiger partial charge is 0.480 e. The minimum Gasteiger partial charge on any atom is -0.480 e. The Balaban J connectivity index is 1.51. The number of hydrogen-bond acceptors (Lipinski definition) is 5. The lowest BCUT2D eigenvalue weighted by Gasteiger charge is -2.22. The molecule has 0 spiro atoms. The van der Waals surface area contributed by atoms with Gasteiger partial charge in [-0.15, -0.1) is 11.3 Å². The lowest BCUT2D eigenvalue weighted by atomic mass is 9.99. The quantitative estimate of drug-likeness (QED) is 0.730. The van der Waals surface area contributed by atoms with Crippen molar-refractivity contribution in [2.45, 2.75) is 31.3 Å².